The van der Waals surface area contributed by atoms with Crippen LogP contribution in [-0.4, -0.2) is 32.9 Å². The molecule has 6 heteroatoms. The Hall–Kier alpha value is -4.16. The zero-order valence-corrected chi connectivity index (χ0v) is 25.4. The van der Waals surface area contributed by atoms with Gasteiger partial charge in [0.15, 0.2) is 5.78 Å². The zero-order chi connectivity index (χ0) is 29.8. The second kappa shape index (κ2) is 10.6. The van der Waals surface area contributed by atoms with Gasteiger partial charge in [-0.1, -0.05) is 32.0 Å². The number of aromatic nitrogens is 3. The lowest BCUT2D eigenvalue weighted by molar-refractivity contribution is -0.138. The number of fused-ring (bicyclic) bond motifs is 1. The maximum absolute atomic E-state index is 13.3. The predicted octanol–water partition coefficient (Wildman–Crippen LogP) is 8.32. The molecule has 3 aromatic carbocycles. The molecule has 1 aliphatic heterocycles. The minimum absolute atomic E-state index is 0.0349. The lowest BCUT2D eigenvalue weighted by Crippen LogP contribution is -2.27. The fourth-order valence-corrected chi connectivity index (χ4v) is 6.18. The Kier molecular flexibility index (Phi) is 7.06. The van der Waals surface area contributed by atoms with Crippen LogP contribution in [-0.2, 0) is 16.0 Å². The maximum Gasteiger partial charge on any atom is 0.163 e. The normalized spacial score (nSPS) is 13.9. The van der Waals surface area contributed by atoms with E-state index in [-0.39, 0.29) is 11.7 Å². The molecule has 5 aromatic rings. The van der Waals surface area contributed by atoms with Crippen molar-refractivity contribution in [2.24, 2.45) is 0 Å². The van der Waals surface area contributed by atoms with Gasteiger partial charge in [0, 0.05) is 35.3 Å². The summed E-state index contributed by atoms with van der Waals surface area (Å²) >= 11 is 0. The monoisotopic (exact) mass is 559 g/mol. The summed E-state index contributed by atoms with van der Waals surface area (Å²) in [5, 5.41) is 3.14. The molecule has 0 bridgehead atoms. The van der Waals surface area contributed by atoms with E-state index in [4.69, 9.17) is 14.5 Å². The molecule has 214 valence electrons. The molecule has 6 rings (SSSR count). The second-order valence-corrected chi connectivity index (χ2v) is 12.5. The van der Waals surface area contributed by atoms with Crippen LogP contribution in [0.25, 0.3) is 43.9 Å². The van der Waals surface area contributed by atoms with E-state index >= 15 is 0 Å². The summed E-state index contributed by atoms with van der Waals surface area (Å²) in [5.74, 6) is 1.07. The van der Waals surface area contributed by atoms with Gasteiger partial charge in [0.1, 0.15) is 18.2 Å². The smallest absolute Gasteiger partial charge is 0.163 e. The third-order valence-electron chi connectivity index (χ3n) is 7.93. The average Bonchev–Trinajstić information content (AvgIpc) is 2.95. The number of pyridine rings is 1. The minimum Gasteiger partial charge on any atom is -0.493 e. The van der Waals surface area contributed by atoms with Crippen molar-refractivity contribution in [3.05, 3.63) is 83.6 Å². The Morgan fingerprint density at radius 2 is 1.83 bits per heavy atom. The largest absolute Gasteiger partial charge is 0.493 e. The number of carbonyl (C=O) groups is 1. The molecule has 2 aromatic heterocycles. The van der Waals surface area contributed by atoms with Gasteiger partial charge in [0.25, 0.3) is 0 Å². The molecule has 0 aliphatic carbocycles. The quantitative estimate of drug-likeness (QED) is 0.208. The molecule has 0 saturated heterocycles. The number of ether oxygens (including phenoxy) is 2. The van der Waals surface area contributed by atoms with E-state index in [1.807, 2.05) is 39.2 Å². The van der Waals surface area contributed by atoms with Crippen molar-refractivity contribution >= 4 is 27.5 Å². The van der Waals surface area contributed by atoms with Crippen molar-refractivity contribution in [1.82, 2.24) is 15.0 Å². The van der Waals surface area contributed by atoms with Crippen LogP contribution in [0.15, 0.2) is 61.2 Å². The first kappa shape index (κ1) is 28.0. The summed E-state index contributed by atoms with van der Waals surface area (Å²) in [6, 6.07) is 14.9. The summed E-state index contributed by atoms with van der Waals surface area (Å²) in [5.41, 5.74) is 8.47. The van der Waals surface area contributed by atoms with Gasteiger partial charge in [-0.2, -0.15) is 0 Å². The number of hydrogen-bond donors (Lipinski definition) is 0. The number of hydrogen-bond acceptors (Lipinski definition) is 6. The van der Waals surface area contributed by atoms with Gasteiger partial charge < -0.3 is 9.47 Å². The number of aryl methyl sites for hydroxylation is 1. The molecular formula is C36H37N3O3. The highest BCUT2D eigenvalue weighted by atomic mass is 16.5. The molecule has 3 heterocycles. The molecule has 0 amide bonds. The molecule has 0 spiro atoms. The van der Waals surface area contributed by atoms with E-state index in [0.29, 0.717) is 6.61 Å². The number of Topliss-reactive ketones (excluding diaryl/α,β-unsaturated/α-hetero) is 1. The fourth-order valence-electron chi connectivity index (χ4n) is 6.18. The second-order valence-electron chi connectivity index (χ2n) is 12.5. The van der Waals surface area contributed by atoms with Crippen LogP contribution in [0.3, 0.4) is 0 Å². The third kappa shape index (κ3) is 4.94. The Balaban J connectivity index is 1.69. The highest BCUT2D eigenvalue weighted by Crippen LogP contribution is 2.46. The van der Waals surface area contributed by atoms with Gasteiger partial charge in [0.2, 0.25) is 0 Å². The number of nitrogens with zero attached hydrogens (tertiary/aromatic N) is 3. The van der Waals surface area contributed by atoms with Crippen LogP contribution in [0.2, 0.25) is 0 Å². The number of rotatable bonds is 6. The minimum atomic E-state index is -0.735. The summed E-state index contributed by atoms with van der Waals surface area (Å²) in [6.45, 7) is 14.6. The highest BCUT2D eigenvalue weighted by molar-refractivity contribution is 6.09. The van der Waals surface area contributed by atoms with Gasteiger partial charge in [0.05, 0.1) is 23.4 Å². The summed E-state index contributed by atoms with van der Waals surface area (Å²) in [7, 11) is 0. The van der Waals surface area contributed by atoms with Crippen LogP contribution in [0.1, 0.15) is 75.9 Å². The van der Waals surface area contributed by atoms with E-state index in [0.717, 1.165) is 72.9 Å². The molecule has 42 heavy (non-hydrogen) atoms. The number of carbonyl (C=O) groups excluding carboxylic acids is 1. The van der Waals surface area contributed by atoms with Crippen LogP contribution < -0.4 is 4.74 Å². The average molecular weight is 560 g/mol. The van der Waals surface area contributed by atoms with Crippen molar-refractivity contribution in [2.75, 3.05) is 6.61 Å². The van der Waals surface area contributed by atoms with Gasteiger partial charge in [-0.05, 0) is 103 Å². The van der Waals surface area contributed by atoms with E-state index < -0.39 is 11.7 Å². The van der Waals surface area contributed by atoms with E-state index in [2.05, 4.69) is 67.1 Å². The molecular weight excluding hydrogens is 522 g/mol. The van der Waals surface area contributed by atoms with Crippen molar-refractivity contribution in [3.63, 3.8) is 0 Å². The van der Waals surface area contributed by atoms with Crippen molar-refractivity contribution in [2.45, 2.75) is 72.5 Å². The van der Waals surface area contributed by atoms with Crippen LogP contribution in [0.4, 0.5) is 0 Å². The van der Waals surface area contributed by atoms with Gasteiger partial charge in [-0.25, -0.2) is 9.97 Å². The Morgan fingerprint density at radius 3 is 2.57 bits per heavy atom. The van der Waals surface area contributed by atoms with E-state index in [1.54, 1.807) is 13.3 Å². The first-order valence-electron chi connectivity index (χ1n) is 14.6. The fraction of sp³-hybridized carbons (Fsp3) is 0.333. The van der Waals surface area contributed by atoms with Gasteiger partial charge in [-0.3, -0.25) is 9.78 Å². The number of benzene rings is 3. The third-order valence-corrected chi connectivity index (χ3v) is 7.93. The molecule has 0 unspecified atom stereocenters. The molecule has 0 saturated carbocycles. The lowest BCUT2D eigenvalue weighted by atomic mass is 9.84. The molecule has 6 nitrogen and oxygen atoms in total. The van der Waals surface area contributed by atoms with Crippen LogP contribution >= 0.6 is 0 Å². The SMILES string of the molecule is CC(=O)[C@@H](OC(C)(C)C)c1c(C)cc2cc(-c3cncnc3C(C)C)ccc2c1-c1ccc2c3c(ccnc13)CCO2. The van der Waals surface area contributed by atoms with Gasteiger partial charge in [-0.15, -0.1) is 0 Å². The van der Waals surface area contributed by atoms with Crippen LogP contribution in [0.5, 0.6) is 5.75 Å². The zero-order valence-electron chi connectivity index (χ0n) is 25.4. The van der Waals surface area contributed by atoms with Gasteiger partial charge >= 0.3 is 0 Å². The Bertz CT molecular complexity index is 1840. The summed E-state index contributed by atoms with van der Waals surface area (Å²) < 4.78 is 12.5. The van der Waals surface area contributed by atoms with E-state index in [1.165, 1.54) is 5.56 Å². The molecule has 0 radical (unpaired) electrons. The Morgan fingerprint density at radius 1 is 1.02 bits per heavy atom. The van der Waals surface area contributed by atoms with Crippen molar-refractivity contribution in [3.8, 4) is 28.0 Å². The number of ketones is 1. The topological polar surface area (TPSA) is 74.2 Å². The molecule has 0 fully saturated rings. The lowest BCUT2D eigenvalue weighted by Gasteiger charge is -2.30. The Labute approximate surface area is 247 Å². The molecule has 1 atom stereocenters. The highest BCUT2D eigenvalue weighted by Gasteiger charge is 2.31. The summed E-state index contributed by atoms with van der Waals surface area (Å²) in [4.78, 5) is 27.1. The van der Waals surface area contributed by atoms with Crippen LogP contribution in [0, 0.1) is 6.92 Å². The first-order chi connectivity index (χ1) is 20.0. The molecule has 1 aliphatic rings. The standard InChI is InChI=1S/C36H37N3O3/c1-20(2)33-28(18-37-19-39-33)24-8-9-26-25(17-24)16-21(3)30(35(22(4)40)42-36(5,6)7)32(26)27-10-11-29-31-23(13-15-41-29)12-14-38-34(27)31/h8-12,14,16-20,35H,13,15H2,1-7H3/t35-/m1/s1. The maximum atomic E-state index is 13.3. The van der Waals surface area contributed by atoms with Crippen molar-refractivity contribution < 1.29 is 14.3 Å². The van der Waals surface area contributed by atoms with Crippen molar-refractivity contribution in [1.29, 1.82) is 0 Å². The predicted molar refractivity (Wildman–Crippen MR) is 168 cm³/mol. The summed E-state index contributed by atoms with van der Waals surface area (Å²) in [6.07, 6.45) is 5.48. The van der Waals surface area contributed by atoms with E-state index in [9.17, 15) is 4.79 Å². The first-order valence-corrected chi connectivity index (χ1v) is 14.6. The molecule has 0 N–H and O–H groups in total.